The molecule has 2 aromatic rings. The summed E-state index contributed by atoms with van der Waals surface area (Å²) in [6, 6.07) is 12.8. The Labute approximate surface area is 120 Å². The third-order valence-electron chi connectivity index (χ3n) is 3.22. The van der Waals surface area contributed by atoms with Gasteiger partial charge in [0.15, 0.2) is 0 Å². The first-order chi connectivity index (χ1) is 8.72. The van der Waals surface area contributed by atoms with Gasteiger partial charge in [0.25, 0.3) is 0 Å². The lowest BCUT2D eigenvalue weighted by Gasteiger charge is -2.17. The molecule has 0 aliphatic carbocycles. The van der Waals surface area contributed by atoms with Crippen LogP contribution in [-0.2, 0) is 12.8 Å². The molecule has 0 bridgehead atoms. The second-order valence-corrected chi connectivity index (χ2v) is 7.62. The highest BCUT2D eigenvalue weighted by atomic mass is 35.5. The van der Waals surface area contributed by atoms with Crippen molar-refractivity contribution in [2.24, 2.45) is 5.73 Å². The maximum absolute atomic E-state index is 6.34. The van der Waals surface area contributed by atoms with Crippen LogP contribution in [0.4, 0.5) is 0 Å². The molecule has 1 nitrogen and oxygen atoms in total. The van der Waals surface area contributed by atoms with Crippen molar-refractivity contribution < 1.29 is 0 Å². The highest BCUT2D eigenvalue weighted by Crippen LogP contribution is 2.38. The molecule has 2 atom stereocenters. The Balaban J connectivity index is 1.67. The van der Waals surface area contributed by atoms with Crippen molar-refractivity contribution in [3.05, 3.63) is 51.2 Å². The van der Waals surface area contributed by atoms with E-state index < -0.39 is 0 Å². The average Bonchev–Trinajstić information content (AvgIpc) is 2.95. The van der Waals surface area contributed by atoms with E-state index in [9.17, 15) is 0 Å². The zero-order valence-corrected chi connectivity index (χ0v) is 12.2. The number of benzene rings is 1. The Hall–Kier alpha value is -0.480. The van der Waals surface area contributed by atoms with Gasteiger partial charge in [-0.25, -0.2) is 0 Å². The number of halogens is 1. The van der Waals surface area contributed by atoms with E-state index in [-0.39, 0.29) is 6.04 Å². The van der Waals surface area contributed by atoms with Crippen LogP contribution in [0.15, 0.2) is 41.3 Å². The van der Waals surface area contributed by atoms with Crippen molar-refractivity contribution in [1.29, 1.82) is 0 Å². The van der Waals surface area contributed by atoms with E-state index in [0.29, 0.717) is 5.25 Å². The van der Waals surface area contributed by atoms with E-state index in [1.807, 2.05) is 17.8 Å². The average molecular weight is 296 g/mol. The molecule has 2 N–H and O–H groups in total. The van der Waals surface area contributed by atoms with Crippen LogP contribution in [-0.4, -0.2) is 11.3 Å². The normalized spacial score (nSPS) is 19.8. The molecule has 2 heterocycles. The van der Waals surface area contributed by atoms with E-state index in [1.54, 1.807) is 11.3 Å². The zero-order chi connectivity index (χ0) is 12.5. The quantitative estimate of drug-likeness (QED) is 0.926. The SMILES string of the molecule is NC(Cc1ccc(Cl)s1)C1Cc2ccccc2S1. The first-order valence-corrected chi connectivity index (χ1v) is 8.04. The monoisotopic (exact) mass is 295 g/mol. The molecule has 1 aliphatic rings. The first-order valence-electron chi connectivity index (χ1n) is 5.97. The number of fused-ring (bicyclic) bond motifs is 1. The highest BCUT2D eigenvalue weighted by molar-refractivity contribution is 8.00. The molecule has 1 aliphatic heterocycles. The van der Waals surface area contributed by atoms with E-state index in [2.05, 4.69) is 30.3 Å². The highest BCUT2D eigenvalue weighted by Gasteiger charge is 2.27. The summed E-state index contributed by atoms with van der Waals surface area (Å²) in [4.78, 5) is 2.67. The molecular weight excluding hydrogens is 282 g/mol. The fourth-order valence-corrected chi connectivity index (χ4v) is 4.75. The minimum Gasteiger partial charge on any atom is -0.326 e. The van der Waals surface area contributed by atoms with Gasteiger partial charge in [-0.1, -0.05) is 29.8 Å². The molecule has 0 saturated carbocycles. The van der Waals surface area contributed by atoms with Crippen molar-refractivity contribution in [3.63, 3.8) is 0 Å². The fraction of sp³-hybridized carbons (Fsp3) is 0.286. The summed E-state index contributed by atoms with van der Waals surface area (Å²) in [5, 5.41) is 0.489. The zero-order valence-electron chi connectivity index (χ0n) is 9.80. The lowest BCUT2D eigenvalue weighted by atomic mass is 10.0. The van der Waals surface area contributed by atoms with Gasteiger partial charge >= 0.3 is 0 Å². The van der Waals surface area contributed by atoms with Crippen LogP contribution in [0, 0.1) is 0 Å². The molecule has 0 saturated heterocycles. The molecule has 2 unspecified atom stereocenters. The van der Waals surface area contributed by atoms with E-state index in [0.717, 1.165) is 17.2 Å². The predicted octanol–water partition coefficient (Wildman–Crippen LogP) is 3.99. The second-order valence-electron chi connectivity index (χ2n) is 4.54. The summed E-state index contributed by atoms with van der Waals surface area (Å²) in [7, 11) is 0. The number of nitrogens with two attached hydrogens (primary N) is 1. The van der Waals surface area contributed by atoms with Gasteiger partial charge in [-0.15, -0.1) is 23.1 Å². The van der Waals surface area contributed by atoms with Gasteiger partial charge in [0, 0.05) is 21.1 Å². The van der Waals surface area contributed by atoms with Gasteiger partial charge in [-0.05, 0) is 36.6 Å². The summed E-state index contributed by atoms with van der Waals surface area (Å²) >= 11 is 9.50. The van der Waals surface area contributed by atoms with Gasteiger partial charge in [0.05, 0.1) is 4.34 Å². The molecule has 94 valence electrons. The van der Waals surface area contributed by atoms with Crippen LogP contribution in [0.1, 0.15) is 10.4 Å². The van der Waals surface area contributed by atoms with Crippen molar-refractivity contribution in [1.82, 2.24) is 0 Å². The summed E-state index contributed by atoms with van der Waals surface area (Å²) in [5.74, 6) is 0. The lowest BCUT2D eigenvalue weighted by molar-refractivity contribution is 0.637. The van der Waals surface area contributed by atoms with Gasteiger partial charge in [0.1, 0.15) is 0 Å². The number of hydrogen-bond acceptors (Lipinski definition) is 3. The lowest BCUT2D eigenvalue weighted by Crippen LogP contribution is -2.34. The predicted molar refractivity (Wildman–Crippen MR) is 80.8 cm³/mol. The molecule has 0 fully saturated rings. The van der Waals surface area contributed by atoms with Crippen LogP contribution in [0.5, 0.6) is 0 Å². The van der Waals surface area contributed by atoms with Crippen LogP contribution < -0.4 is 5.73 Å². The first kappa shape index (κ1) is 12.5. The minimum atomic E-state index is 0.192. The van der Waals surface area contributed by atoms with E-state index >= 15 is 0 Å². The largest absolute Gasteiger partial charge is 0.326 e. The Kier molecular flexibility index (Phi) is 3.66. The van der Waals surface area contributed by atoms with Crippen LogP contribution in [0.3, 0.4) is 0 Å². The molecule has 0 spiro atoms. The topological polar surface area (TPSA) is 26.0 Å². The Morgan fingerprint density at radius 3 is 2.83 bits per heavy atom. The van der Waals surface area contributed by atoms with Gasteiger partial charge < -0.3 is 5.73 Å². The summed E-state index contributed by atoms with van der Waals surface area (Å²) in [6.07, 6.45) is 2.00. The maximum atomic E-state index is 6.34. The maximum Gasteiger partial charge on any atom is 0.0931 e. The number of thioether (sulfide) groups is 1. The van der Waals surface area contributed by atoms with Gasteiger partial charge in [-0.3, -0.25) is 0 Å². The standard InChI is InChI=1S/C14H14ClNS2/c15-14-6-5-10(17-14)8-11(16)13-7-9-3-1-2-4-12(9)18-13/h1-6,11,13H,7-8,16H2. The van der Waals surface area contributed by atoms with Crippen LogP contribution in [0.25, 0.3) is 0 Å². The Morgan fingerprint density at radius 2 is 2.11 bits per heavy atom. The van der Waals surface area contributed by atoms with Crippen molar-refractivity contribution in [3.8, 4) is 0 Å². The Bertz CT molecular complexity index is 527. The fourth-order valence-electron chi connectivity index (χ4n) is 2.27. The van der Waals surface area contributed by atoms with Crippen molar-refractivity contribution >= 4 is 34.7 Å². The molecule has 1 aromatic carbocycles. The van der Waals surface area contributed by atoms with E-state index in [4.69, 9.17) is 17.3 Å². The smallest absolute Gasteiger partial charge is 0.0931 e. The molecule has 18 heavy (non-hydrogen) atoms. The number of hydrogen-bond donors (Lipinski definition) is 1. The number of rotatable bonds is 3. The third kappa shape index (κ3) is 2.59. The number of thiophene rings is 1. The third-order valence-corrected chi connectivity index (χ3v) is 5.94. The van der Waals surface area contributed by atoms with Crippen molar-refractivity contribution in [2.45, 2.75) is 29.0 Å². The summed E-state index contributed by atoms with van der Waals surface area (Å²) in [5.41, 5.74) is 7.78. The molecule has 1 aromatic heterocycles. The molecule has 4 heteroatoms. The minimum absolute atomic E-state index is 0.192. The summed E-state index contributed by atoms with van der Waals surface area (Å²) < 4.78 is 0.847. The second kappa shape index (κ2) is 5.25. The van der Waals surface area contributed by atoms with Gasteiger partial charge in [-0.2, -0.15) is 0 Å². The van der Waals surface area contributed by atoms with E-state index in [1.165, 1.54) is 15.3 Å². The molecular formula is C14H14ClNS2. The van der Waals surface area contributed by atoms with Crippen molar-refractivity contribution in [2.75, 3.05) is 0 Å². The molecule has 3 rings (SSSR count). The summed E-state index contributed by atoms with van der Waals surface area (Å²) in [6.45, 7) is 0. The Morgan fingerprint density at radius 1 is 1.28 bits per heavy atom. The molecule has 0 radical (unpaired) electrons. The molecule has 0 amide bonds. The van der Waals surface area contributed by atoms with Crippen LogP contribution >= 0.6 is 34.7 Å². The van der Waals surface area contributed by atoms with Gasteiger partial charge in [0.2, 0.25) is 0 Å². The van der Waals surface area contributed by atoms with Crippen LogP contribution in [0.2, 0.25) is 4.34 Å².